The molecule has 2 rings (SSSR count). The molecule has 0 aromatic heterocycles. The van der Waals surface area contributed by atoms with E-state index >= 15 is 0 Å². The molecular formula is C14H19BrFN3O. The summed E-state index contributed by atoms with van der Waals surface area (Å²) in [5.74, 6) is -0.252. The van der Waals surface area contributed by atoms with Crippen LogP contribution in [0.2, 0.25) is 0 Å². The molecule has 20 heavy (non-hydrogen) atoms. The third-order valence-corrected chi connectivity index (χ3v) is 4.69. The maximum Gasteiger partial charge on any atom is 0.161 e. The first-order valence-corrected chi connectivity index (χ1v) is 7.46. The number of aliphatic hydroxyl groups excluding tert-OH is 1. The van der Waals surface area contributed by atoms with Gasteiger partial charge >= 0.3 is 0 Å². The number of anilines is 1. The molecule has 110 valence electrons. The lowest BCUT2D eigenvalue weighted by atomic mass is 9.92. The minimum Gasteiger partial charge on any atom is -0.393 e. The highest BCUT2D eigenvalue weighted by Gasteiger charge is 2.25. The van der Waals surface area contributed by atoms with E-state index in [2.05, 4.69) is 15.9 Å². The average molecular weight is 344 g/mol. The lowest BCUT2D eigenvalue weighted by Crippen LogP contribution is -2.37. The van der Waals surface area contributed by atoms with E-state index in [0.29, 0.717) is 11.3 Å². The van der Waals surface area contributed by atoms with Crippen molar-refractivity contribution in [2.75, 3.05) is 18.0 Å². The number of nitrogens with one attached hydrogen (secondary N) is 1. The van der Waals surface area contributed by atoms with Crippen LogP contribution in [-0.4, -0.2) is 30.1 Å². The molecule has 0 radical (unpaired) electrons. The highest BCUT2D eigenvalue weighted by atomic mass is 79.9. The Bertz CT molecular complexity index is 513. The minimum absolute atomic E-state index is 0.157. The van der Waals surface area contributed by atoms with Crippen molar-refractivity contribution in [3.8, 4) is 0 Å². The van der Waals surface area contributed by atoms with Gasteiger partial charge in [-0.3, -0.25) is 5.41 Å². The Kier molecular flexibility index (Phi) is 4.65. The Balaban J connectivity index is 2.19. The van der Waals surface area contributed by atoms with Gasteiger partial charge in [-0.25, -0.2) is 4.39 Å². The van der Waals surface area contributed by atoms with E-state index in [4.69, 9.17) is 11.1 Å². The van der Waals surface area contributed by atoms with Crippen LogP contribution in [0.3, 0.4) is 0 Å². The van der Waals surface area contributed by atoms with Crippen molar-refractivity contribution in [2.45, 2.75) is 25.9 Å². The van der Waals surface area contributed by atoms with Crippen LogP contribution in [0.25, 0.3) is 0 Å². The molecule has 1 unspecified atom stereocenters. The van der Waals surface area contributed by atoms with E-state index in [9.17, 15) is 9.50 Å². The molecule has 1 atom stereocenters. The van der Waals surface area contributed by atoms with Crippen LogP contribution in [0.1, 0.15) is 25.3 Å². The molecule has 0 spiro atoms. The van der Waals surface area contributed by atoms with Crippen LogP contribution < -0.4 is 10.6 Å². The van der Waals surface area contributed by atoms with E-state index in [1.165, 1.54) is 0 Å². The summed E-state index contributed by atoms with van der Waals surface area (Å²) >= 11 is 3.17. The van der Waals surface area contributed by atoms with E-state index in [1.807, 2.05) is 4.90 Å². The van der Waals surface area contributed by atoms with Crippen LogP contribution in [-0.2, 0) is 0 Å². The van der Waals surface area contributed by atoms with Gasteiger partial charge in [0, 0.05) is 18.7 Å². The van der Waals surface area contributed by atoms with Crippen molar-refractivity contribution < 1.29 is 9.50 Å². The number of nitrogen functional groups attached to an aromatic ring is 1. The number of rotatable bonds is 3. The second-order valence-corrected chi connectivity index (χ2v) is 6.03. The average Bonchev–Trinajstić information content (AvgIpc) is 2.41. The van der Waals surface area contributed by atoms with Crippen molar-refractivity contribution in [3.63, 3.8) is 0 Å². The van der Waals surface area contributed by atoms with Crippen LogP contribution >= 0.6 is 15.9 Å². The predicted octanol–water partition coefficient (Wildman–Crippen LogP) is 2.47. The van der Waals surface area contributed by atoms with Crippen molar-refractivity contribution in [1.82, 2.24) is 0 Å². The van der Waals surface area contributed by atoms with Gasteiger partial charge in [-0.1, -0.05) is 0 Å². The van der Waals surface area contributed by atoms with Crippen molar-refractivity contribution in [1.29, 1.82) is 5.41 Å². The molecule has 0 aliphatic carbocycles. The van der Waals surface area contributed by atoms with E-state index < -0.39 is 0 Å². The largest absolute Gasteiger partial charge is 0.393 e. The summed E-state index contributed by atoms with van der Waals surface area (Å²) in [5.41, 5.74) is 6.29. The predicted molar refractivity (Wildman–Crippen MR) is 81.7 cm³/mol. The molecule has 1 fully saturated rings. The zero-order chi connectivity index (χ0) is 14.9. The lowest BCUT2D eigenvalue weighted by Gasteiger charge is -2.35. The van der Waals surface area contributed by atoms with Crippen LogP contribution in [0.4, 0.5) is 10.1 Å². The SMILES string of the molecule is CC(O)C1CCN(c2ccc(C(=N)N)c(Br)c2F)CC1. The topological polar surface area (TPSA) is 73.3 Å². The maximum absolute atomic E-state index is 14.4. The third kappa shape index (κ3) is 2.96. The number of hydrogen-bond donors (Lipinski definition) is 3. The van der Waals surface area contributed by atoms with Crippen LogP contribution in [0, 0.1) is 17.1 Å². The molecule has 0 bridgehead atoms. The number of amidine groups is 1. The standard InChI is InChI=1S/C14H19BrFN3O/c1-8(20)9-4-6-19(7-5-9)11-3-2-10(14(17)18)12(15)13(11)16/h2-3,8-9,20H,4-7H2,1H3,(H3,17,18). The second kappa shape index (κ2) is 6.10. The zero-order valence-electron chi connectivity index (χ0n) is 11.4. The van der Waals surface area contributed by atoms with Crippen molar-refractivity contribution in [2.24, 2.45) is 11.7 Å². The number of halogens is 2. The van der Waals surface area contributed by atoms with E-state index in [-0.39, 0.29) is 28.1 Å². The Morgan fingerprint density at radius 3 is 2.60 bits per heavy atom. The Morgan fingerprint density at radius 2 is 2.10 bits per heavy atom. The first kappa shape index (κ1) is 15.3. The Hall–Kier alpha value is -1.14. The van der Waals surface area contributed by atoms with E-state index in [0.717, 1.165) is 25.9 Å². The summed E-state index contributed by atoms with van der Waals surface area (Å²) < 4.78 is 14.6. The van der Waals surface area contributed by atoms with Crippen molar-refractivity contribution >= 4 is 27.5 Å². The Morgan fingerprint density at radius 1 is 1.50 bits per heavy atom. The van der Waals surface area contributed by atoms with Crippen LogP contribution in [0.15, 0.2) is 16.6 Å². The smallest absolute Gasteiger partial charge is 0.161 e. The van der Waals surface area contributed by atoms with Crippen molar-refractivity contribution in [3.05, 3.63) is 28.0 Å². The number of hydrogen-bond acceptors (Lipinski definition) is 3. The first-order chi connectivity index (χ1) is 9.41. The fourth-order valence-electron chi connectivity index (χ4n) is 2.61. The lowest BCUT2D eigenvalue weighted by molar-refractivity contribution is 0.110. The fraction of sp³-hybridized carbons (Fsp3) is 0.500. The molecule has 1 saturated heterocycles. The maximum atomic E-state index is 14.4. The summed E-state index contributed by atoms with van der Waals surface area (Å²) in [4.78, 5) is 1.98. The molecular weight excluding hydrogens is 325 g/mol. The van der Waals surface area contributed by atoms with Gasteiger partial charge in [0.15, 0.2) is 5.82 Å². The zero-order valence-corrected chi connectivity index (χ0v) is 13.0. The number of nitrogens with two attached hydrogens (primary N) is 1. The molecule has 1 aliphatic heterocycles. The fourth-order valence-corrected chi connectivity index (χ4v) is 3.16. The molecule has 1 heterocycles. The first-order valence-electron chi connectivity index (χ1n) is 6.67. The molecule has 4 N–H and O–H groups in total. The summed E-state index contributed by atoms with van der Waals surface area (Å²) in [5, 5.41) is 17.0. The molecule has 0 amide bonds. The minimum atomic E-state index is -0.381. The number of nitrogens with zero attached hydrogens (tertiary/aromatic N) is 1. The summed E-state index contributed by atoms with van der Waals surface area (Å²) in [7, 11) is 0. The molecule has 0 saturated carbocycles. The van der Waals surface area contributed by atoms with Crippen LogP contribution in [0.5, 0.6) is 0 Å². The van der Waals surface area contributed by atoms with Gasteiger partial charge in [0.1, 0.15) is 5.84 Å². The molecule has 1 aliphatic rings. The quantitative estimate of drug-likeness (QED) is 0.583. The molecule has 4 nitrogen and oxygen atoms in total. The second-order valence-electron chi connectivity index (χ2n) is 5.24. The monoisotopic (exact) mass is 343 g/mol. The Labute approximate surface area is 126 Å². The highest BCUT2D eigenvalue weighted by Crippen LogP contribution is 2.32. The van der Waals surface area contributed by atoms with Gasteiger partial charge in [0.05, 0.1) is 16.3 Å². The molecule has 6 heteroatoms. The summed E-state index contributed by atoms with van der Waals surface area (Å²) in [6.07, 6.45) is 1.39. The normalized spacial score (nSPS) is 18.1. The number of benzene rings is 1. The van der Waals surface area contributed by atoms with E-state index in [1.54, 1.807) is 19.1 Å². The third-order valence-electron chi connectivity index (χ3n) is 3.91. The van der Waals surface area contributed by atoms with Gasteiger partial charge in [0.25, 0.3) is 0 Å². The molecule has 1 aromatic rings. The summed E-state index contributed by atoms with van der Waals surface area (Å²) in [6, 6.07) is 3.32. The van der Waals surface area contributed by atoms with Gasteiger partial charge in [0.2, 0.25) is 0 Å². The summed E-state index contributed by atoms with van der Waals surface area (Å²) in [6.45, 7) is 3.25. The molecule has 1 aromatic carbocycles. The highest BCUT2D eigenvalue weighted by molar-refractivity contribution is 9.10. The van der Waals surface area contributed by atoms with Gasteiger partial charge < -0.3 is 15.7 Å². The van der Waals surface area contributed by atoms with Gasteiger partial charge in [-0.2, -0.15) is 0 Å². The number of piperidine rings is 1. The van der Waals surface area contributed by atoms with Gasteiger partial charge in [-0.05, 0) is 53.7 Å². The number of aliphatic hydroxyl groups is 1. The van der Waals surface area contributed by atoms with Gasteiger partial charge in [-0.15, -0.1) is 0 Å².